The highest BCUT2D eigenvalue weighted by molar-refractivity contribution is 7.99. The number of H-pyrrole nitrogens is 1. The highest BCUT2D eigenvalue weighted by atomic mass is 32.2. The van der Waals surface area contributed by atoms with Crippen LogP contribution in [0, 0.1) is 0 Å². The van der Waals surface area contributed by atoms with Crippen LogP contribution in [0.4, 0.5) is 5.00 Å². The van der Waals surface area contributed by atoms with Crippen molar-refractivity contribution in [2.45, 2.75) is 37.4 Å². The molecule has 0 fully saturated rings. The van der Waals surface area contributed by atoms with Gasteiger partial charge < -0.3 is 10.6 Å². The topological polar surface area (TPSA) is 99.8 Å². The second kappa shape index (κ2) is 10.9. The van der Waals surface area contributed by atoms with Crippen LogP contribution >= 0.6 is 23.1 Å². The van der Waals surface area contributed by atoms with Gasteiger partial charge in [-0.2, -0.15) is 0 Å². The van der Waals surface area contributed by atoms with Crippen molar-refractivity contribution in [2.24, 2.45) is 0 Å². The summed E-state index contributed by atoms with van der Waals surface area (Å²) in [5.74, 6) is 0.492. The molecule has 1 aliphatic carbocycles. The Bertz CT molecular complexity index is 1320. The second-order valence-electron chi connectivity index (χ2n) is 8.25. The van der Waals surface area contributed by atoms with Gasteiger partial charge in [0.25, 0.3) is 5.91 Å². The molecule has 0 aliphatic heterocycles. The molecule has 5 rings (SSSR count). The quantitative estimate of drug-likeness (QED) is 0.292. The molecule has 0 spiro atoms. The molecule has 3 N–H and O–H groups in total. The lowest BCUT2D eigenvalue weighted by molar-refractivity contribution is -0.113. The molecule has 9 heteroatoms. The van der Waals surface area contributed by atoms with Crippen molar-refractivity contribution < 1.29 is 9.59 Å². The fourth-order valence-electron chi connectivity index (χ4n) is 4.09. The van der Waals surface area contributed by atoms with Crippen molar-refractivity contribution in [2.75, 3.05) is 11.1 Å². The Kier molecular flexibility index (Phi) is 7.25. The van der Waals surface area contributed by atoms with Gasteiger partial charge in [0, 0.05) is 17.0 Å². The summed E-state index contributed by atoms with van der Waals surface area (Å²) < 4.78 is 0. The monoisotopic (exact) mass is 503 g/mol. The van der Waals surface area contributed by atoms with E-state index in [0.717, 1.165) is 42.4 Å². The number of nitrogens with zero attached hydrogens (tertiary/aromatic N) is 2. The zero-order valence-electron chi connectivity index (χ0n) is 19.0. The van der Waals surface area contributed by atoms with Crippen LogP contribution in [-0.2, 0) is 24.2 Å². The van der Waals surface area contributed by atoms with Gasteiger partial charge in [0.05, 0.1) is 11.3 Å². The van der Waals surface area contributed by atoms with Crippen LogP contribution in [-0.4, -0.2) is 32.7 Å². The molecule has 2 aromatic carbocycles. The smallest absolute Gasteiger partial charge is 0.254 e. The second-order valence-corrected chi connectivity index (χ2v) is 10.3. The number of nitrogens with one attached hydrogen (secondary N) is 3. The number of hydrogen-bond donors (Lipinski definition) is 3. The first-order valence-corrected chi connectivity index (χ1v) is 13.3. The first kappa shape index (κ1) is 23.3. The Balaban J connectivity index is 1.25. The van der Waals surface area contributed by atoms with Gasteiger partial charge in [-0.3, -0.25) is 14.7 Å². The number of amides is 2. The van der Waals surface area contributed by atoms with E-state index < -0.39 is 0 Å². The number of aryl methyl sites for hydroxylation is 1. The Hall–Kier alpha value is -3.43. The third-order valence-corrected chi connectivity index (χ3v) is 7.85. The van der Waals surface area contributed by atoms with Crippen LogP contribution in [0.25, 0.3) is 11.4 Å². The molecular formula is C26H25N5O2S2. The molecule has 0 atom stereocenters. The molecule has 1 aliphatic rings. The van der Waals surface area contributed by atoms with Gasteiger partial charge >= 0.3 is 0 Å². The molecule has 178 valence electrons. The number of thioether (sulfide) groups is 1. The number of aromatic amines is 1. The van der Waals surface area contributed by atoms with Crippen molar-refractivity contribution >= 4 is 39.9 Å². The maximum Gasteiger partial charge on any atom is 0.254 e. The number of fused-ring (bicyclic) bond motifs is 1. The summed E-state index contributed by atoms with van der Waals surface area (Å²) in [6, 6.07) is 19.5. The summed E-state index contributed by atoms with van der Waals surface area (Å²) in [4.78, 5) is 31.7. The Morgan fingerprint density at radius 1 is 1.00 bits per heavy atom. The van der Waals surface area contributed by atoms with Gasteiger partial charge in [0.2, 0.25) is 11.1 Å². The van der Waals surface area contributed by atoms with Crippen molar-refractivity contribution in [1.82, 2.24) is 20.5 Å². The molecule has 7 nitrogen and oxygen atoms in total. The van der Waals surface area contributed by atoms with Gasteiger partial charge in [-0.05, 0) is 36.8 Å². The number of aromatic nitrogens is 3. The van der Waals surface area contributed by atoms with Crippen LogP contribution in [0.2, 0.25) is 0 Å². The van der Waals surface area contributed by atoms with E-state index in [1.54, 1.807) is 0 Å². The third-order valence-electron chi connectivity index (χ3n) is 5.79. The number of anilines is 1. The lowest BCUT2D eigenvalue weighted by Crippen LogP contribution is -2.25. The van der Waals surface area contributed by atoms with Gasteiger partial charge in [-0.25, -0.2) is 4.98 Å². The van der Waals surface area contributed by atoms with Gasteiger partial charge in [-0.15, -0.1) is 16.4 Å². The zero-order chi connectivity index (χ0) is 24.0. The normalized spacial score (nSPS) is 12.7. The number of carbonyl (C=O) groups excluding carboxylic acids is 2. The molecule has 2 heterocycles. The molecule has 35 heavy (non-hydrogen) atoms. The molecule has 0 saturated carbocycles. The first-order chi connectivity index (χ1) is 17.2. The fraction of sp³-hybridized carbons (Fsp3) is 0.231. The number of rotatable bonds is 8. The predicted octanol–water partition coefficient (Wildman–Crippen LogP) is 5.07. The fourth-order valence-corrected chi connectivity index (χ4v) is 5.99. The van der Waals surface area contributed by atoms with E-state index in [9.17, 15) is 9.59 Å². The third kappa shape index (κ3) is 5.63. The molecular weight excluding hydrogens is 478 g/mol. The number of benzene rings is 2. The number of carbonyl (C=O) groups is 2. The Morgan fingerprint density at radius 2 is 1.74 bits per heavy atom. The van der Waals surface area contributed by atoms with Gasteiger partial charge in [-0.1, -0.05) is 72.4 Å². The van der Waals surface area contributed by atoms with Crippen molar-refractivity contribution in [3.05, 3.63) is 82.2 Å². The van der Waals surface area contributed by atoms with Crippen molar-refractivity contribution in [3.63, 3.8) is 0 Å². The number of hydrogen-bond acceptors (Lipinski definition) is 6. The highest BCUT2D eigenvalue weighted by Gasteiger charge is 2.26. The zero-order valence-corrected chi connectivity index (χ0v) is 20.7. The minimum absolute atomic E-state index is 0.141. The molecule has 0 saturated heterocycles. The van der Waals surface area contributed by atoms with Crippen LogP contribution in [0.5, 0.6) is 0 Å². The van der Waals surface area contributed by atoms with Crippen molar-refractivity contribution in [3.8, 4) is 11.4 Å². The molecule has 2 amide bonds. The van der Waals surface area contributed by atoms with Gasteiger partial charge in [0.15, 0.2) is 5.82 Å². The summed E-state index contributed by atoms with van der Waals surface area (Å²) in [5, 5.41) is 14.3. The molecule has 2 aromatic heterocycles. The average Bonchev–Trinajstić information content (AvgIpc) is 3.52. The Labute approximate surface area is 211 Å². The summed E-state index contributed by atoms with van der Waals surface area (Å²) >= 11 is 2.78. The van der Waals surface area contributed by atoms with Crippen LogP contribution in [0.15, 0.2) is 65.8 Å². The first-order valence-electron chi connectivity index (χ1n) is 11.5. The van der Waals surface area contributed by atoms with E-state index >= 15 is 0 Å². The maximum atomic E-state index is 13.2. The standard InChI is InChI=1S/C26H25N5O2S2/c32-21(16-34-26-29-23(30-31-26)18-11-5-2-6-12-18)28-25-22(19-13-7-8-14-20(19)35-25)24(33)27-15-17-9-3-1-4-10-17/h1-6,9-12H,7-8,13-16H2,(H,27,33)(H,28,32)(H,29,30,31). The summed E-state index contributed by atoms with van der Waals surface area (Å²) in [5.41, 5.74) is 3.67. The van der Waals surface area contributed by atoms with E-state index in [-0.39, 0.29) is 17.6 Å². The van der Waals surface area contributed by atoms with E-state index in [1.807, 2.05) is 60.7 Å². The van der Waals surface area contributed by atoms with E-state index in [1.165, 1.54) is 28.0 Å². The summed E-state index contributed by atoms with van der Waals surface area (Å²) in [7, 11) is 0. The van der Waals surface area contributed by atoms with Crippen molar-refractivity contribution in [1.29, 1.82) is 0 Å². The minimum atomic E-state index is -0.184. The average molecular weight is 504 g/mol. The molecule has 0 unspecified atom stereocenters. The maximum absolute atomic E-state index is 13.2. The largest absolute Gasteiger partial charge is 0.348 e. The lowest BCUT2D eigenvalue weighted by Gasteiger charge is -2.13. The predicted molar refractivity (Wildman–Crippen MR) is 140 cm³/mol. The molecule has 0 bridgehead atoms. The van der Waals surface area contributed by atoms with Gasteiger partial charge in [0.1, 0.15) is 5.00 Å². The lowest BCUT2D eigenvalue weighted by atomic mass is 9.95. The van der Waals surface area contributed by atoms with E-state index in [2.05, 4.69) is 25.8 Å². The summed E-state index contributed by atoms with van der Waals surface area (Å²) in [6.07, 6.45) is 3.98. The summed E-state index contributed by atoms with van der Waals surface area (Å²) in [6.45, 7) is 0.447. The SMILES string of the molecule is O=C(CSc1n[nH]c(-c2ccccc2)n1)Nc1sc2c(c1C(=O)NCc1ccccc1)CCCC2. The van der Waals surface area contributed by atoms with Crippen LogP contribution in [0.1, 0.15) is 39.2 Å². The van der Waals surface area contributed by atoms with Crippen LogP contribution < -0.4 is 10.6 Å². The highest BCUT2D eigenvalue weighted by Crippen LogP contribution is 2.38. The van der Waals surface area contributed by atoms with E-state index in [0.29, 0.717) is 28.1 Å². The van der Waals surface area contributed by atoms with Crippen LogP contribution in [0.3, 0.4) is 0 Å². The minimum Gasteiger partial charge on any atom is -0.348 e. The number of thiophene rings is 1. The van der Waals surface area contributed by atoms with E-state index in [4.69, 9.17) is 0 Å². The molecule has 4 aromatic rings. The molecule has 0 radical (unpaired) electrons. The Morgan fingerprint density at radius 3 is 2.54 bits per heavy atom.